The number of amides is 3. The second-order valence-corrected chi connectivity index (χ2v) is 11.0. The number of aromatic nitrogens is 3. The van der Waals surface area contributed by atoms with Crippen molar-refractivity contribution in [2.45, 2.75) is 32.5 Å². The lowest BCUT2D eigenvalue weighted by molar-refractivity contribution is -0.274. The van der Waals surface area contributed by atoms with Gasteiger partial charge in [0.05, 0.1) is 24.2 Å². The van der Waals surface area contributed by atoms with Crippen LogP contribution in [0.5, 0.6) is 11.5 Å². The van der Waals surface area contributed by atoms with Gasteiger partial charge < -0.3 is 9.47 Å². The number of hydrogen-bond donors (Lipinski definition) is 0. The Morgan fingerprint density at radius 3 is 2.44 bits per heavy atom. The van der Waals surface area contributed by atoms with E-state index in [2.05, 4.69) is 24.8 Å². The van der Waals surface area contributed by atoms with Crippen molar-refractivity contribution in [3.05, 3.63) is 84.2 Å². The molecule has 0 unspecified atom stereocenters. The summed E-state index contributed by atoms with van der Waals surface area (Å²) in [6.45, 7) is 4.04. The number of anilines is 1. The number of carbonyl (C=O) groups is 2. The van der Waals surface area contributed by atoms with Crippen LogP contribution in [0.25, 0.3) is 17.1 Å². The Morgan fingerprint density at radius 1 is 1.07 bits per heavy atom. The van der Waals surface area contributed by atoms with Crippen LogP contribution in [0.15, 0.2) is 83.0 Å². The molecule has 1 aliphatic heterocycles. The number of amidine groups is 1. The molecule has 45 heavy (non-hydrogen) atoms. The van der Waals surface area contributed by atoms with Crippen molar-refractivity contribution in [2.75, 3.05) is 17.8 Å². The highest BCUT2D eigenvalue weighted by Gasteiger charge is 2.33. The van der Waals surface area contributed by atoms with Gasteiger partial charge in [0.1, 0.15) is 17.8 Å². The lowest BCUT2D eigenvalue weighted by atomic mass is 10.00. The zero-order chi connectivity index (χ0) is 32.1. The van der Waals surface area contributed by atoms with E-state index in [1.165, 1.54) is 58.2 Å². The number of rotatable bonds is 8. The van der Waals surface area contributed by atoms with Gasteiger partial charge in [-0.3, -0.25) is 9.69 Å². The predicted octanol–water partition coefficient (Wildman–Crippen LogP) is 6.83. The van der Waals surface area contributed by atoms with E-state index in [1.54, 1.807) is 13.2 Å². The van der Waals surface area contributed by atoms with E-state index < -0.39 is 12.4 Å². The average molecular weight is 637 g/mol. The third-order valence-electron chi connectivity index (χ3n) is 6.62. The molecule has 4 aromatic rings. The number of benzene rings is 3. The van der Waals surface area contributed by atoms with E-state index in [0.29, 0.717) is 29.4 Å². The molecule has 3 amide bonds. The number of ether oxygens (including phenoxy) is 2. The SMILES string of the molecule is COc1ccc(C(C)C)c(N2C(=O)CSC2=NC(=O)N=CCc2ccc(-c3ncn(-c4ccc(OC(F)(F)F)cc4)n3)cc2)c1. The van der Waals surface area contributed by atoms with Gasteiger partial charge in [-0.15, -0.1) is 18.3 Å². The van der Waals surface area contributed by atoms with Gasteiger partial charge in [-0.05, 0) is 47.4 Å². The van der Waals surface area contributed by atoms with Gasteiger partial charge >= 0.3 is 12.4 Å². The first-order chi connectivity index (χ1) is 21.5. The molecule has 232 valence electrons. The number of halogens is 3. The van der Waals surface area contributed by atoms with Crippen LogP contribution in [0.3, 0.4) is 0 Å². The Bertz CT molecular complexity index is 1750. The molecule has 0 bridgehead atoms. The van der Waals surface area contributed by atoms with Crippen LogP contribution < -0.4 is 14.4 Å². The van der Waals surface area contributed by atoms with Gasteiger partial charge in [-0.1, -0.05) is 55.9 Å². The maximum Gasteiger partial charge on any atom is 0.573 e. The fourth-order valence-corrected chi connectivity index (χ4v) is 5.32. The van der Waals surface area contributed by atoms with Gasteiger partial charge in [0.2, 0.25) is 5.91 Å². The van der Waals surface area contributed by atoms with Crippen LogP contribution in [0.1, 0.15) is 30.9 Å². The van der Waals surface area contributed by atoms with Crippen LogP contribution in [-0.2, 0) is 11.2 Å². The Labute approximate surface area is 260 Å². The fraction of sp³-hybridized carbons (Fsp3) is 0.226. The van der Waals surface area contributed by atoms with Crippen molar-refractivity contribution in [3.63, 3.8) is 0 Å². The minimum atomic E-state index is -4.77. The summed E-state index contributed by atoms with van der Waals surface area (Å²) in [6, 6.07) is 17.3. The monoisotopic (exact) mass is 636 g/mol. The molecule has 1 aromatic heterocycles. The summed E-state index contributed by atoms with van der Waals surface area (Å²) in [5.74, 6) is 0.779. The van der Waals surface area contributed by atoms with Gasteiger partial charge in [0, 0.05) is 24.3 Å². The van der Waals surface area contributed by atoms with Crippen molar-refractivity contribution in [3.8, 4) is 28.6 Å². The van der Waals surface area contributed by atoms with E-state index in [9.17, 15) is 22.8 Å². The second-order valence-electron chi connectivity index (χ2n) is 10.0. The summed E-state index contributed by atoms with van der Waals surface area (Å²) in [4.78, 5) is 39.2. The molecule has 14 heteroatoms. The third-order valence-corrected chi connectivity index (χ3v) is 7.55. The molecule has 0 aliphatic carbocycles. The summed E-state index contributed by atoms with van der Waals surface area (Å²) >= 11 is 1.18. The zero-order valence-corrected chi connectivity index (χ0v) is 25.2. The lowest BCUT2D eigenvalue weighted by Gasteiger charge is -2.22. The maximum atomic E-state index is 12.8. The van der Waals surface area contributed by atoms with Crippen molar-refractivity contribution in [1.82, 2.24) is 14.8 Å². The number of hydrogen-bond acceptors (Lipinski definition) is 7. The van der Waals surface area contributed by atoms with Gasteiger partial charge in [-0.2, -0.15) is 4.99 Å². The van der Waals surface area contributed by atoms with Crippen LogP contribution in [0.4, 0.5) is 23.7 Å². The van der Waals surface area contributed by atoms with Gasteiger partial charge in [-0.25, -0.2) is 19.5 Å². The highest BCUT2D eigenvalue weighted by atomic mass is 32.2. The Hall–Kier alpha value is -4.98. The van der Waals surface area contributed by atoms with Crippen molar-refractivity contribution >= 4 is 40.8 Å². The van der Waals surface area contributed by atoms with Crippen molar-refractivity contribution in [1.29, 1.82) is 0 Å². The Kier molecular flexibility index (Phi) is 9.32. The summed E-state index contributed by atoms with van der Waals surface area (Å²) in [5.41, 5.74) is 3.65. The minimum Gasteiger partial charge on any atom is -0.497 e. The quantitative estimate of drug-likeness (QED) is 0.195. The Balaban J connectivity index is 1.22. The number of carbonyl (C=O) groups excluding carboxylic acids is 2. The molecular formula is C31H27F3N6O4S. The van der Waals surface area contributed by atoms with Gasteiger partial charge in [0.15, 0.2) is 11.0 Å². The minimum absolute atomic E-state index is 0.125. The third kappa shape index (κ3) is 7.76. The van der Waals surface area contributed by atoms with E-state index >= 15 is 0 Å². The van der Waals surface area contributed by atoms with E-state index in [-0.39, 0.29) is 28.5 Å². The topological polar surface area (TPSA) is 111 Å². The first kappa shape index (κ1) is 31.4. The molecule has 0 saturated carbocycles. The molecular weight excluding hydrogens is 609 g/mol. The molecule has 1 saturated heterocycles. The fourth-order valence-electron chi connectivity index (χ4n) is 4.46. The molecule has 1 aliphatic rings. The molecule has 1 fully saturated rings. The molecule has 0 N–H and O–H groups in total. The molecule has 10 nitrogen and oxygen atoms in total. The number of aliphatic imine (C=N–C) groups is 2. The van der Waals surface area contributed by atoms with E-state index in [4.69, 9.17) is 4.74 Å². The highest BCUT2D eigenvalue weighted by molar-refractivity contribution is 8.15. The summed E-state index contributed by atoms with van der Waals surface area (Å²) < 4.78 is 47.9. The molecule has 2 heterocycles. The average Bonchev–Trinajstić information content (AvgIpc) is 3.64. The largest absolute Gasteiger partial charge is 0.573 e. The molecule has 0 atom stereocenters. The van der Waals surface area contributed by atoms with E-state index in [1.807, 2.05) is 50.2 Å². The van der Waals surface area contributed by atoms with Crippen LogP contribution in [-0.4, -0.2) is 57.3 Å². The number of methoxy groups -OCH3 is 1. The van der Waals surface area contributed by atoms with Crippen molar-refractivity contribution in [2.24, 2.45) is 9.98 Å². The first-order valence-electron chi connectivity index (χ1n) is 13.7. The zero-order valence-electron chi connectivity index (χ0n) is 24.4. The molecule has 0 radical (unpaired) electrons. The normalized spacial score (nSPS) is 14.6. The predicted molar refractivity (Wildman–Crippen MR) is 166 cm³/mol. The molecule has 0 spiro atoms. The van der Waals surface area contributed by atoms with Crippen LogP contribution in [0, 0.1) is 0 Å². The maximum absolute atomic E-state index is 12.8. The lowest BCUT2D eigenvalue weighted by Crippen LogP contribution is -2.30. The van der Waals surface area contributed by atoms with Crippen molar-refractivity contribution < 1.29 is 32.2 Å². The highest BCUT2D eigenvalue weighted by Crippen LogP contribution is 2.36. The molecule has 3 aromatic carbocycles. The van der Waals surface area contributed by atoms with E-state index in [0.717, 1.165) is 16.7 Å². The van der Waals surface area contributed by atoms with Crippen LogP contribution >= 0.6 is 11.8 Å². The second kappa shape index (κ2) is 13.3. The number of urea groups is 1. The number of thioether (sulfide) groups is 1. The smallest absolute Gasteiger partial charge is 0.497 e. The first-order valence-corrected chi connectivity index (χ1v) is 14.7. The Morgan fingerprint density at radius 2 is 1.78 bits per heavy atom. The van der Waals surface area contributed by atoms with Crippen LogP contribution in [0.2, 0.25) is 0 Å². The summed E-state index contributed by atoms with van der Waals surface area (Å²) in [5, 5.41) is 4.66. The summed E-state index contributed by atoms with van der Waals surface area (Å²) in [7, 11) is 1.55. The number of alkyl halides is 3. The molecule has 5 rings (SSSR count). The standard InChI is InChI=1S/C31H27F3N6O4S/c1-19(2)25-13-12-24(43-3)16-26(25)40-27(41)17-45-30(40)37-29(42)35-15-14-20-4-6-21(7-5-20)28-36-18-39(38-28)22-8-10-23(11-9-22)44-31(32,33)34/h4-13,15-16,18-19H,14,17H2,1-3H3. The number of nitrogens with zero attached hydrogens (tertiary/aromatic N) is 6. The van der Waals surface area contributed by atoms with Gasteiger partial charge in [0.25, 0.3) is 0 Å². The summed E-state index contributed by atoms with van der Waals surface area (Å²) in [6.07, 6.45) is -1.50.